The molecule has 3 heteroatoms. The summed E-state index contributed by atoms with van der Waals surface area (Å²) < 4.78 is 18.6. The third-order valence-corrected chi connectivity index (χ3v) is 3.14. The van der Waals surface area contributed by atoms with Crippen LogP contribution in [0.2, 0.25) is 0 Å². The van der Waals surface area contributed by atoms with Crippen molar-refractivity contribution in [3.8, 4) is 5.75 Å². The van der Waals surface area contributed by atoms with Gasteiger partial charge in [0.2, 0.25) is 0 Å². The highest BCUT2D eigenvalue weighted by Gasteiger charge is 2.14. The molecule has 0 bridgehead atoms. The second kappa shape index (κ2) is 5.19. The van der Waals surface area contributed by atoms with E-state index in [9.17, 15) is 4.39 Å². The van der Waals surface area contributed by atoms with E-state index >= 15 is 0 Å². The minimum absolute atomic E-state index is 0.232. The number of hydrogen-bond donors (Lipinski definition) is 1. The number of benzene rings is 1. The van der Waals surface area contributed by atoms with Gasteiger partial charge in [-0.2, -0.15) is 0 Å². The van der Waals surface area contributed by atoms with Gasteiger partial charge in [0.05, 0.1) is 12.8 Å². The summed E-state index contributed by atoms with van der Waals surface area (Å²) in [6.45, 7) is 0. The van der Waals surface area contributed by atoms with Crippen LogP contribution < -0.4 is 10.1 Å². The molecule has 0 heterocycles. The third-order valence-electron chi connectivity index (χ3n) is 3.14. The van der Waals surface area contributed by atoms with E-state index in [4.69, 9.17) is 4.74 Å². The lowest BCUT2D eigenvalue weighted by atomic mass is 9.95. The van der Waals surface area contributed by atoms with Crippen molar-refractivity contribution in [3.63, 3.8) is 0 Å². The van der Waals surface area contributed by atoms with Gasteiger partial charge in [0.15, 0.2) is 0 Å². The van der Waals surface area contributed by atoms with Gasteiger partial charge in [-0.15, -0.1) is 0 Å². The molecule has 88 valence electrons. The molecular weight excluding hydrogens is 205 g/mol. The van der Waals surface area contributed by atoms with Gasteiger partial charge in [-0.05, 0) is 25.0 Å². The zero-order chi connectivity index (χ0) is 11.4. The molecule has 1 N–H and O–H groups in total. The molecule has 16 heavy (non-hydrogen) atoms. The largest absolute Gasteiger partial charge is 0.497 e. The Morgan fingerprint density at radius 2 is 2.00 bits per heavy atom. The summed E-state index contributed by atoms with van der Waals surface area (Å²) >= 11 is 0. The van der Waals surface area contributed by atoms with Crippen molar-refractivity contribution in [1.82, 2.24) is 0 Å². The fraction of sp³-hybridized carbons (Fsp3) is 0.538. The number of rotatable bonds is 3. The lowest BCUT2D eigenvalue weighted by Crippen LogP contribution is -2.22. The zero-order valence-electron chi connectivity index (χ0n) is 9.63. The van der Waals surface area contributed by atoms with E-state index < -0.39 is 0 Å². The van der Waals surface area contributed by atoms with Gasteiger partial charge in [0, 0.05) is 12.1 Å². The summed E-state index contributed by atoms with van der Waals surface area (Å²) in [6, 6.07) is 5.39. The molecule has 0 spiro atoms. The van der Waals surface area contributed by atoms with Crippen LogP contribution in [0.5, 0.6) is 5.75 Å². The van der Waals surface area contributed by atoms with Crippen LogP contribution in [0.3, 0.4) is 0 Å². The number of anilines is 1. The fourth-order valence-corrected chi connectivity index (χ4v) is 2.21. The number of nitrogens with one attached hydrogen (secondary N) is 1. The smallest absolute Gasteiger partial charge is 0.149 e. The van der Waals surface area contributed by atoms with Crippen LogP contribution in [0.4, 0.5) is 10.1 Å². The first-order valence-electron chi connectivity index (χ1n) is 5.89. The van der Waals surface area contributed by atoms with Crippen molar-refractivity contribution < 1.29 is 9.13 Å². The normalized spacial score (nSPS) is 17.1. The number of halogens is 1. The van der Waals surface area contributed by atoms with Gasteiger partial charge in [-0.3, -0.25) is 0 Å². The Kier molecular flexibility index (Phi) is 3.65. The van der Waals surface area contributed by atoms with E-state index in [1.807, 2.05) is 0 Å². The standard InChI is InChI=1S/C13H18FNO/c1-16-11-7-8-13(12(14)9-11)15-10-5-3-2-4-6-10/h7-10,15H,2-6H2,1H3. The van der Waals surface area contributed by atoms with Crippen molar-refractivity contribution in [2.75, 3.05) is 12.4 Å². The second-order valence-corrected chi connectivity index (χ2v) is 4.33. The van der Waals surface area contributed by atoms with Gasteiger partial charge >= 0.3 is 0 Å². The van der Waals surface area contributed by atoms with Gasteiger partial charge in [-0.25, -0.2) is 4.39 Å². The topological polar surface area (TPSA) is 21.3 Å². The Morgan fingerprint density at radius 1 is 1.25 bits per heavy atom. The SMILES string of the molecule is COc1ccc(NC2CCCCC2)c(F)c1. The summed E-state index contributed by atoms with van der Waals surface area (Å²) in [6.07, 6.45) is 6.09. The predicted octanol–water partition coefficient (Wildman–Crippen LogP) is 3.58. The third kappa shape index (κ3) is 2.65. The highest BCUT2D eigenvalue weighted by atomic mass is 19.1. The minimum atomic E-state index is -0.232. The first-order chi connectivity index (χ1) is 7.79. The molecule has 1 saturated carbocycles. The first kappa shape index (κ1) is 11.2. The Morgan fingerprint density at radius 3 is 2.62 bits per heavy atom. The maximum Gasteiger partial charge on any atom is 0.149 e. The van der Waals surface area contributed by atoms with Gasteiger partial charge < -0.3 is 10.1 Å². The molecule has 0 unspecified atom stereocenters. The average molecular weight is 223 g/mol. The van der Waals surface area contributed by atoms with E-state index in [1.165, 1.54) is 25.3 Å². The van der Waals surface area contributed by atoms with E-state index in [1.54, 1.807) is 19.2 Å². The summed E-state index contributed by atoms with van der Waals surface area (Å²) in [7, 11) is 1.54. The quantitative estimate of drug-likeness (QED) is 0.845. The summed E-state index contributed by atoms with van der Waals surface area (Å²) in [5, 5.41) is 3.27. The molecule has 2 nitrogen and oxygen atoms in total. The minimum Gasteiger partial charge on any atom is -0.497 e. The maximum absolute atomic E-state index is 13.6. The van der Waals surface area contributed by atoms with E-state index in [-0.39, 0.29) is 5.82 Å². The second-order valence-electron chi connectivity index (χ2n) is 4.33. The van der Waals surface area contributed by atoms with Crippen molar-refractivity contribution in [3.05, 3.63) is 24.0 Å². The predicted molar refractivity (Wildman–Crippen MR) is 63.4 cm³/mol. The van der Waals surface area contributed by atoms with E-state index in [2.05, 4.69) is 5.32 Å². The van der Waals surface area contributed by atoms with Gasteiger partial charge in [0.25, 0.3) is 0 Å². The van der Waals surface area contributed by atoms with Crippen LogP contribution in [0.25, 0.3) is 0 Å². The molecule has 1 fully saturated rings. The Bertz CT molecular complexity index is 348. The van der Waals surface area contributed by atoms with Crippen LogP contribution in [-0.2, 0) is 0 Å². The Balaban J connectivity index is 2.03. The number of hydrogen-bond acceptors (Lipinski definition) is 2. The van der Waals surface area contributed by atoms with Crippen molar-refractivity contribution in [2.24, 2.45) is 0 Å². The molecular formula is C13H18FNO. The van der Waals surface area contributed by atoms with E-state index in [0.29, 0.717) is 17.5 Å². The molecule has 0 saturated heterocycles. The molecule has 0 aliphatic heterocycles. The fourth-order valence-electron chi connectivity index (χ4n) is 2.21. The van der Waals surface area contributed by atoms with Gasteiger partial charge in [0.1, 0.15) is 11.6 Å². The molecule has 1 aliphatic carbocycles. The summed E-state index contributed by atoms with van der Waals surface area (Å²) in [5.41, 5.74) is 0.590. The molecule has 2 rings (SSSR count). The first-order valence-corrected chi connectivity index (χ1v) is 5.89. The molecule has 0 amide bonds. The highest BCUT2D eigenvalue weighted by molar-refractivity contribution is 5.48. The van der Waals surface area contributed by atoms with Crippen LogP contribution in [0, 0.1) is 5.82 Å². The number of ether oxygens (including phenoxy) is 1. The van der Waals surface area contributed by atoms with Crippen LogP contribution in [0.15, 0.2) is 18.2 Å². The van der Waals surface area contributed by atoms with E-state index in [0.717, 1.165) is 12.8 Å². The molecule has 0 radical (unpaired) electrons. The number of methoxy groups -OCH3 is 1. The van der Waals surface area contributed by atoms with Crippen molar-refractivity contribution >= 4 is 5.69 Å². The lowest BCUT2D eigenvalue weighted by molar-refractivity contribution is 0.411. The summed E-state index contributed by atoms with van der Waals surface area (Å²) in [4.78, 5) is 0. The molecule has 1 aromatic carbocycles. The highest BCUT2D eigenvalue weighted by Crippen LogP contribution is 2.25. The Hall–Kier alpha value is -1.25. The Labute approximate surface area is 95.8 Å². The summed E-state index contributed by atoms with van der Waals surface area (Å²) in [5.74, 6) is 0.330. The molecule has 1 aliphatic rings. The van der Waals surface area contributed by atoms with Crippen LogP contribution in [-0.4, -0.2) is 13.2 Å². The van der Waals surface area contributed by atoms with Crippen molar-refractivity contribution in [2.45, 2.75) is 38.1 Å². The molecule has 0 aromatic heterocycles. The monoisotopic (exact) mass is 223 g/mol. The average Bonchev–Trinajstić information content (AvgIpc) is 2.33. The molecule has 0 atom stereocenters. The lowest BCUT2D eigenvalue weighted by Gasteiger charge is -2.24. The van der Waals surface area contributed by atoms with Crippen LogP contribution >= 0.6 is 0 Å². The maximum atomic E-state index is 13.6. The van der Waals surface area contributed by atoms with Gasteiger partial charge in [-0.1, -0.05) is 19.3 Å². The zero-order valence-corrected chi connectivity index (χ0v) is 9.63. The van der Waals surface area contributed by atoms with Crippen LogP contribution in [0.1, 0.15) is 32.1 Å². The van der Waals surface area contributed by atoms with Crippen molar-refractivity contribution in [1.29, 1.82) is 0 Å². The molecule has 1 aromatic rings.